The molecule has 1 atom stereocenters. The fraction of sp³-hybridized carbons (Fsp3) is 0.500. The number of fused-ring (bicyclic) bond motifs is 1. The van der Waals surface area contributed by atoms with Gasteiger partial charge in [-0.15, -0.1) is 0 Å². The number of aliphatic hydroxyl groups excluding tert-OH is 1. The van der Waals surface area contributed by atoms with E-state index >= 15 is 0 Å². The van der Waals surface area contributed by atoms with Crippen LogP contribution in [0, 0.1) is 0 Å². The van der Waals surface area contributed by atoms with Gasteiger partial charge in [0, 0.05) is 13.1 Å². The third-order valence-corrected chi connectivity index (χ3v) is 3.48. The van der Waals surface area contributed by atoms with Crippen LogP contribution in [0.25, 0.3) is 0 Å². The molecule has 0 spiro atoms. The fourth-order valence-electron chi connectivity index (χ4n) is 2.55. The van der Waals surface area contributed by atoms with E-state index in [9.17, 15) is 9.90 Å². The molecule has 1 aromatic rings. The molecule has 19 heavy (non-hydrogen) atoms. The molecule has 2 heterocycles. The van der Waals surface area contributed by atoms with Crippen molar-refractivity contribution in [1.29, 1.82) is 0 Å². The first-order valence-electron chi connectivity index (χ1n) is 6.61. The molecule has 2 aliphatic rings. The first-order valence-corrected chi connectivity index (χ1v) is 6.61. The van der Waals surface area contributed by atoms with E-state index in [4.69, 9.17) is 9.47 Å². The first-order chi connectivity index (χ1) is 9.25. The maximum Gasteiger partial charge on any atom is 0.257 e. The standard InChI is InChI=1S/C14H17NO4/c16-10-3-2-6-15(9-10)14(17)11-4-1-5-12-13(11)19-8-7-18-12/h1,4-5,10,16H,2-3,6-9H2/t10-/m0/s1. The number of β-amino-alcohol motifs (C(OH)–C–C–N with tert-alkyl or cyclic N) is 1. The van der Waals surface area contributed by atoms with Crippen molar-refractivity contribution >= 4 is 5.91 Å². The molecule has 2 aliphatic heterocycles. The number of amides is 1. The van der Waals surface area contributed by atoms with E-state index in [1.54, 1.807) is 23.1 Å². The number of carbonyl (C=O) groups is 1. The summed E-state index contributed by atoms with van der Waals surface area (Å²) in [6.07, 6.45) is 1.17. The summed E-state index contributed by atoms with van der Waals surface area (Å²) in [5.74, 6) is 1.05. The molecule has 1 amide bonds. The predicted molar refractivity (Wildman–Crippen MR) is 68.6 cm³/mol. The van der Waals surface area contributed by atoms with Crippen LogP contribution in [0.3, 0.4) is 0 Å². The number of likely N-dealkylation sites (tertiary alicyclic amines) is 1. The van der Waals surface area contributed by atoms with Gasteiger partial charge in [-0.1, -0.05) is 6.07 Å². The molecule has 5 nitrogen and oxygen atoms in total. The highest BCUT2D eigenvalue weighted by Crippen LogP contribution is 2.34. The Morgan fingerprint density at radius 1 is 1.32 bits per heavy atom. The van der Waals surface area contributed by atoms with E-state index in [2.05, 4.69) is 0 Å². The summed E-state index contributed by atoms with van der Waals surface area (Å²) < 4.78 is 11.0. The lowest BCUT2D eigenvalue weighted by Gasteiger charge is -2.31. The van der Waals surface area contributed by atoms with Crippen LogP contribution in [-0.2, 0) is 0 Å². The maximum atomic E-state index is 12.5. The molecule has 5 heteroatoms. The molecular formula is C14H17NO4. The molecule has 0 unspecified atom stereocenters. The highest BCUT2D eigenvalue weighted by Gasteiger charge is 2.27. The summed E-state index contributed by atoms with van der Waals surface area (Å²) in [4.78, 5) is 14.2. The number of rotatable bonds is 1. The molecule has 102 valence electrons. The summed E-state index contributed by atoms with van der Waals surface area (Å²) in [5, 5.41) is 9.66. The van der Waals surface area contributed by atoms with Crippen molar-refractivity contribution < 1.29 is 19.4 Å². The third-order valence-electron chi connectivity index (χ3n) is 3.48. The van der Waals surface area contributed by atoms with E-state index in [0.29, 0.717) is 43.4 Å². The molecule has 1 N–H and O–H groups in total. The molecule has 0 aliphatic carbocycles. The van der Waals surface area contributed by atoms with Crippen molar-refractivity contribution in [2.24, 2.45) is 0 Å². The van der Waals surface area contributed by atoms with Crippen molar-refractivity contribution in [2.75, 3.05) is 26.3 Å². The number of piperidine rings is 1. The van der Waals surface area contributed by atoms with E-state index in [-0.39, 0.29) is 5.91 Å². The minimum absolute atomic E-state index is 0.0962. The molecule has 0 aromatic heterocycles. The van der Waals surface area contributed by atoms with Crippen molar-refractivity contribution in [3.8, 4) is 11.5 Å². The Kier molecular flexibility index (Phi) is 3.29. The number of ether oxygens (including phenoxy) is 2. The average Bonchev–Trinajstić information content (AvgIpc) is 2.46. The molecule has 1 saturated heterocycles. The fourth-order valence-corrected chi connectivity index (χ4v) is 2.55. The van der Waals surface area contributed by atoms with Crippen LogP contribution in [0.4, 0.5) is 0 Å². The van der Waals surface area contributed by atoms with Gasteiger partial charge in [0.2, 0.25) is 0 Å². The van der Waals surface area contributed by atoms with Gasteiger partial charge in [-0.05, 0) is 25.0 Å². The van der Waals surface area contributed by atoms with Crippen LogP contribution >= 0.6 is 0 Å². The van der Waals surface area contributed by atoms with Gasteiger partial charge in [-0.25, -0.2) is 0 Å². The Hall–Kier alpha value is -1.75. The zero-order valence-corrected chi connectivity index (χ0v) is 10.7. The van der Waals surface area contributed by atoms with E-state index in [1.807, 2.05) is 0 Å². The number of benzene rings is 1. The van der Waals surface area contributed by atoms with Crippen LogP contribution in [0.15, 0.2) is 18.2 Å². The Morgan fingerprint density at radius 2 is 2.16 bits per heavy atom. The number of hydrogen-bond donors (Lipinski definition) is 1. The second kappa shape index (κ2) is 5.09. The van der Waals surface area contributed by atoms with Crippen molar-refractivity contribution in [3.63, 3.8) is 0 Å². The lowest BCUT2D eigenvalue weighted by Crippen LogP contribution is -2.42. The molecule has 0 bridgehead atoms. The zero-order valence-electron chi connectivity index (χ0n) is 10.7. The molecular weight excluding hydrogens is 246 g/mol. The third kappa shape index (κ3) is 2.38. The zero-order chi connectivity index (χ0) is 13.2. The average molecular weight is 263 g/mol. The topological polar surface area (TPSA) is 59.0 Å². The van der Waals surface area contributed by atoms with Gasteiger partial charge in [-0.2, -0.15) is 0 Å². The monoisotopic (exact) mass is 263 g/mol. The van der Waals surface area contributed by atoms with E-state index in [0.717, 1.165) is 12.8 Å². The Labute approximate surface area is 111 Å². The SMILES string of the molecule is O=C(c1cccc2c1OCCO2)N1CCC[C@H](O)C1. The minimum atomic E-state index is -0.422. The molecule has 1 aromatic carbocycles. The van der Waals surface area contributed by atoms with Crippen LogP contribution < -0.4 is 9.47 Å². The number of hydrogen-bond acceptors (Lipinski definition) is 4. The predicted octanol–water partition coefficient (Wildman–Crippen LogP) is 1.05. The summed E-state index contributed by atoms with van der Waals surface area (Å²) in [6.45, 7) is 2.04. The summed E-state index contributed by atoms with van der Waals surface area (Å²) >= 11 is 0. The van der Waals surface area contributed by atoms with Gasteiger partial charge in [0.15, 0.2) is 11.5 Å². The van der Waals surface area contributed by atoms with Gasteiger partial charge in [0.1, 0.15) is 13.2 Å². The Morgan fingerprint density at radius 3 is 3.00 bits per heavy atom. The number of carbonyl (C=O) groups excluding carboxylic acids is 1. The molecule has 0 saturated carbocycles. The molecule has 3 rings (SSSR count). The second-order valence-electron chi connectivity index (χ2n) is 4.88. The van der Waals surface area contributed by atoms with Crippen molar-refractivity contribution in [3.05, 3.63) is 23.8 Å². The largest absolute Gasteiger partial charge is 0.486 e. The van der Waals surface area contributed by atoms with E-state index < -0.39 is 6.10 Å². The van der Waals surface area contributed by atoms with Crippen molar-refractivity contribution in [2.45, 2.75) is 18.9 Å². The quantitative estimate of drug-likeness (QED) is 0.823. The maximum absolute atomic E-state index is 12.5. The van der Waals surface area contributed by atoms with Crippen LogP contribution in [0.5, 0.6) is 11.5 Å². The van der Waals surface area contributed by atoms with Gasteiger partial charge in [0.05, 0.1) is 11.7 Å². The first kappa shape index (κ1) is 12.3. The van der Waals surface area contributed by atoms with Gasteiger partial charge >= 0.3 is 0 Å². The normalized spacial score (nSPS) is 22.2. The highest BCUT2D eigenvalue weighted by atomic mass is 16.6. The summed E-state index contributed by atoms with van der Waals surface area (Å²) in [6, 6.07) is 5.34. The van der Waals surface area contributed by atoms with E-state index in [1.165, 1.54) is 0 Å². The summed E-state index contributed by atoms with van der Waals surface area (Å²) in [7, 11) is 0. The minimum Gasteiger partial charge on any atom is -0.486 e. The van der Waals surface area contributed by atoms with Gasteiger partial charge < -0.3 is 19.5 Å². The van der Waals surface area contributed by atoms with Crippen LogP contribution in [0.2, 0.25) is 0 Å². The number of aliphatic hydroxyl groups is 1. The van der Waals surface area contributed by atoms with Crippen molar-refractivity contribution in [1.82, 2.24) is 4.90 Å². The van der Waals surface area contributed by atoms with Gasteiger partial charge in [0.25, 0.3) is 5.91 Å². The second-order valence-corrected chi connectivity index (χ2v) is 4.88. The summed E-state index contributed by atoms with van der Waals surface area (Å²) in [5.41, 5.74) is 0.520. The van der Waals surface area contributed by atoms with Gasteiger partial charge in [-0.3, -0.25) is 4.79 Å². The lowest BCUT2D eigenvalue weighted by atomic mass is 10.1. The number of nitrogens with zero attached hydrogens (tertiary/aromatic N) is 1. The molecule has 1 fully saturated rings. The lowest BCUT2D eigenvalue weighted by molar-refractivity contribution is 0.0467. The molecule has 0 radical (unpaired) electrons. The Balaban J connectivity index is 1.87. The number of para-hydroxylation sites is 1. The highest BCUT2D eigenvalue weighted by molar-refractivity contribution is 5.98. The van der Waals surface area contributed by atoms with Crippen LogP contribution in [0.1, 0.15) is 23.2 Å². The van der Waals surface area contributed by atoms with Crippen LogP contribution in [-0.4, -0.2) is 48.3 Å². The smallest absolute Gasteiger partial charge is 0.257 e. The Bertz CT molecular complexity index is 488.